The Morgan fingerprint density at radius 2 is 1.54 bits per heavy atom. The second-order valence-corrected chi connectivity index (χ2v) is 10.0. The number of nitrogens with one attached hydrogen (secondary N) is 1. The number of H-pyrrole nitrogens is 1. The van der Waals surface area contributed by atoms with Crippen LogP contribution in [0, 0.1) is 6.92 Å². The van der Waals surface area contributed by atoms with Crippen molar-refractivity contribution < 1.29 is 14.3 Å². The Bertz CT molecular complexity index is 850. The van der Waals surface area contributed by atoms with Crippen molar-refractivity contribution in [3.63, 3.8) is 0 Å². The van der Waals surface area contributed by atoms with Crippen LogP contribution < -0.4 is 17.0 Å². The van der Waals surface area contributed by atoms with E-state index in [2.05, 4.69) is 11.9 Å². The molecule has 8 heteroatoms. The van der Waals surface area contributed by atoms with Gasteiger partial charge in [-0.25, -0.2) is 4.79 Å². The number of nitrogens with two attached hydrogens (primary N) is 1. The van der Waals surface area contributed by atoms with Crippen LogP contribution in [0.4, 0.5) is 0 Å². The molecule has 0 unspecified atom stereocenters. The van der Waals surface area contributed by atoms with Gasteiger partial charge in [0.15, 0.2) is 0 Å². The number of rotatable bonds is 18. The molecule has 1 fully saturated rings. The zero-order valence-corrected chi connectivity index (χ0v) is 21.9. The Morgan fingerprint density at radius 1 is 1.00 bits per heavy atom. The van der Waals surface area contributed by atoms with E-state index < -0.39 is 23.6 Å². The van der Waals surface area contributed by atoms with E-state index in [-0.39, 0.29) is 18.6 Å². The number of esters is 1. The summed E-state index contributed by atoms with van der Waals surface area (Å²) in [6, 6.07) is -0.354. The number of aromatic amines is 1. The molecule has 0 spiro atoms. The highest BCUT2D eigenvalue weighted by Crippen LogP contribution is 2.26. The summed E-state index contributed by atoms with van der Waals surface area (Å²) >= 11 is 0. The lowest BCUT2D eigenvalue weighted by Crippen LogP contribution is -2.34. The lowest BCUT2D eigenvalue weighted by Gasteiger charge is -2.16. The second kappa shape index (κ2) is 16.7. The minimum atomic E-state index is -0.581. The van der Waals surface area contributed by atoms with Gasteiger partial charge in [0.25, 0.3) is 5.56 Å². The molecule has 0 amide bonds. The van der Waals surface area contributed by atoms with Crippen LogP contribution in [-0.4, -0.2) is 34.3 Å². The van der Waals surface area contributed by atoms with Crippen LogP contribution in [0.2, 0.25) is 0 Å². The maximum absolute atomic E-state index is 12.1. The van der Waals surface area contributed by atoms with E-state index in [0.717, 1.165) is 19.3 Å². The second-order valence-electron chi connectivity index (χ2n) is 10.0. The maximum atomic E-state index is 12.1. The number of hydrogen-bond acceptors (Lipinski definition) is 6. The van der Waals surface area contributed by atoms with Gasteiger partial charge in [0.2, 0.25) is 0 Å². The molecule has 1 aromatic heterocycles. The SMILES string of the molecule is CCCCCCCCCCCCCCCCC(=O)OC[C@H]1O[C@@H](n2cc(C)c(=O)[nH]c2=O)C[C@@H]1N. The number of unbranched alkanes of at least 4 members (excludes halogenated alkanes) is 13. The van der Waals surface area contributed by atoms with E-state index in [1.807, 2.05) is 0 Å². The van der Waals surface area contributed by atoms with Crippen LogP contribution in [0.5, 0.6) is 0 Å². The number of carbonyl (C=O) groups is 1. The fraction of sp³-hybridized carbons (Fsp3) is 0.815. The van der Waals surface area contributed by atoms with Crippen LogP contribution in [0.25, 0.3) is 0 Å². The first-order valence-electron chi connectivity index (χ1n) is 13.8. The van der Waals surface area contributed by atoms with E-state index >= 15 is 0 Å². The monoisotopic (exact) mass is 493 g/mol. The molecule has 0 saturated carbocycles. The summed E-state index contributed by atoms with van der Waals surface area (Å²) in [5, 5.41) is 0. The third-order valence-electron chi connectivity index (χ3n) is 6.88. The van der Waals surface area contributed by atoms with Crippen LogP contribution in [-0.2, 0) is 14.3 Å². The average molecular weight is 494 g/mol. The Kier molecular flexibility index (Phi) is 14.0. The molecule has 8 nitrogen and oxygen atoms in total. The highest BCUT2D eigenvalue weighted by molar-refractivity contribution is 5.69. The molecule has 35 heavy (non-hydrogen) atoms. The molecule has 0 aromatic carbocycles. The van der Waals surface area contributed by atoms with Gasteiger partial charge in [-0.3, -0.25) is 19.1 Å². The predicted molar refractivity (Wildman–Crippen MR) is 138 cm³/mol. The number of nitrogens with zero attached hydrogens (tertiary/aromatic N) is 1. The number of aromatic nitrogens is 2. The molecule has 2 rings (SSSR count). The van der Waals surface area contributed by atoms with Gasteiger partial charge in [0, 0.05) is 30.6 Å². The molecule has 0 radical (unpaired) electrons. The maximum Gasteiger partial charge on any atom is 0.330 e. The average Bonchev–Trinajstić information content (AvgIpc) is 3.20. The smallest absolute Gasteiger partial charge is 0.330 e. The molecule has 0 aliphatic carbocycles. The molecule has 2 heterocycles. The fourth-order valence-electron chi connectivity index (χ4n) is 4.60. The molecule has 1 aromatic rings. The van der Waals surface area contributed by atoms with Crippen LogP contribution in [0.3, 0.4) is 0 Å². The van der Waals surface area contributed by atoms with Gasteiger partial charge in [-0.2, -0.15) is 0 Å². The summed E-state index contributed by atoms with van der Waals surface area (Å²) in [6.07, 6.45) is 19.1. The van der Waals surface area contributed by atoms with Crippen molar-refractivity contribution >= 4 is 5.97 Å². The summed E-state index contributed by atoms with van der Waals surface area (Å²) in [7, 11) is 0. The van der Waals surface area contributed by atoms with Gasteiger partial charge >= 0.3 is 11.7 Å². The van der Waals surface area contributed by atoms with Crippen molar-refractivity contribution in [2.75, 3.05) is 6.61 Å². The Morgan fingerprint density at radius 3 is 2.11 bits per heavy atom. The minimum Gasteiger partial charge on any atom is -0.463 e. The van der Waals surface area contributed by atoms with Crippen molar-refractivity contribution in [2.24, 2.45) is 5.73 Å². The van der Waals surface area contributed by atoms with E-state index in [1.54, 1.807) is 6.92 Å². The van der Waals surface area contributed by atoms with Gasteiger partial charge < -0.3 is 15.2 Å². The molecule has 0 bridgehead atoms. The molecule has 1 saturated heterocycles. The molecule has 1 aliphatic rings. The van der Waals surface area contributed by atoms with E-state index in [0.29, 0.717) is 18.4 Å². The van der Waals surface area contributed by atoms with Gasteiger partial charge in [-0.1, -0.05) is 90.4 Å². The molecule has 1 aliphatic heterocycles. The number of hydrogen-bond donors (Lipinski definition) is 2. The van der Waals surface area contributed by atoms with Gasteiger partial charge in [-0.05, 0) is 13.3 Å². The quantitative estimate of drug-likeness (QED) is 0.222. The minimum absolute atomic E-state index is 0.0756. The molecular formula is C27H47N3O5. The first-order chi connectivity index (χ1) is 16.9. The lowest BCUT2D eigenvalue weighted by molar-refractivity contribution is -0.148. The number of ether oxygens (including phenoxy) is 2. The molecular weight excluding hydrogens is 446 g/mol. The highest BCUT2D eigenvalue weighted by Gasteiger charge is 2.35. The number of carbonyl (C=O) groups excluding carboxylic acids is 1. The van der Waals surface area contributed by atoms with Crippen molar-refractivity contribution in [3.8, 4) is 0 Å². The standard InChI is InChI=1S/C27H47N3O5/c1-3-4-5-6-7-8-9-10-11-12-13-14-15-16-17-25(31)34-20-23-22(28)18-24(35-23)30-19-21(2)26(32)29-27(30)33/h19,22-24H,3-18,20,28H2,1-2H3,(H,29,32,33)/t22-,23+,24+/m0/s1. The molecule has 200 valence electrons. The lowest BCUT2D eigenvalue weighted by atomic mass is 10.0. The molecule has 3 N–H and O–H groups in total. The highest BCUT2D eigenvalue weighted by atomic mass is 16.6. The first kappa shape index (κ1) is 29.3. The van der Waals surface area contributed by atoms with E-state index in [9.17, 15) is 14.4 Å². The Balaban J connectivity index is 1.48. The van der Waals surface area contributed by atoms with Crippen molar-refractivity contribution in [2.45, 2.75) is 135 Å². The van der Waals surface area contributed by atoms with Crippen LogP contribution in [0.15, 0.2) is 15.8 Å². The van der Waals surface area contributed by atoms with Gasteiger partial charge in [0.05, 0.1) is 0 Å². The predicted octanol–water partition coefficient (Wildman–Crippen LogP) is 4.87. The summed E-state index contributed by atoms with van der Waals surface area (Å²) in [5.74, 6) is -0.236. The Hall–Kier alpha value is -1.93. The zero-order chi connectivity index (χ0) is 25.5. The summed E-state index contributed by atoms with van der Waals surface area (Å²) in [6.45, 7) is 3.96. The fourth-order valence-corrected chi connectivity index (χ4v) is 4.60. The third-order valence-corrected chi connectivity index (χ3v) is 6.88. The third kappa shape index (κ3) is 11.1. The van der Waals surface area contributed by atoms with Gasteiger partial charge in [-0.15, -0.1) is 0 Å². The summed E-state index contributed by atoms with van der Waals surface area (Å²) in [5.41, 5.74) is 5.61. The number of aryl methyl sites for hydroxylation is 1. The topological polar surface area (TPSA) is 116 Å². The van der Waals surface area contributed by atoms with Crippen LogP contribution >= 0.6 is 0 Å². The largest absolute Gasteiger partial charge is 0.463 e. The Labute approximate surface area is 210 Å². The first-order valence-corrected chi connectivity index (χ1v) is 13.8. The van der Waals surface area contributed by atoms with Crippen molar-refractivity contribution in [1.29, 1.82) is 0 Å². The molecule has 3 atom stereocenters. The van der Waals surface area contributed by atoms with Crippen molar-refractivity contribution in [1.82, 2.24) is 9.55 Å². The summed E-state index contributed by atoms with van der Waals surface area (Å²) < 4.78 is 12.6. The van der Waals surface area contributed by atoms with E-state index in [1.165, 1.54) is 81.4 Å². The normalized spacial score (nSPS) is 19.8. The zero-order valence-electron chi connectivity index (χ0n) is 21.9. The van der Waals surface area contributed by atoms with E-state index in [4.69, 9.17) is 15.2 Å². The summed E-state index contributed by atoms with van der Waals surface area (Å²) in [4.78, 5) is 38.0. The van der Waals surface area contributed by atoms with Crippen molar-refractivity contribution in [3.05, 3.63) is 32.6 Å². The van der Waals surface area contributed by atoms with Gasteiger partial charge in [0.1, 0.15) is 18.9 Å². The van der Waals surface area contributed by atoms with Crippen LogP contribution in [0.1, 0.15) is 121 Å².